The summed E-state index contributed by atoms with van der Waals surface area (Å²) in [7, 11) is -2.59. The van der Waals surface area contributed by atoms with E-state index in [1.807, 2.05) is 6.07 Å². The molecule has 25 heavy (non-hydrogen) atoms. The van der Waals surface area contributed by atoms with E-state index in [-0.39, 0.29) is 16.6 Å². The van der Waals surface area contributed by atoms with Gasteiger partial charge in [-0.2, -0.15) is 0 Å². The van der Waals surface area contributed by atoms with E-state index in [0.717, 1.165) is 25.7 Å². The first-order chi connectivity index (χ1) is 11.9. The number of fused-ring (bicyclic) bond motifs is 1. The number of hydrogen-bond acceptors (Lipinski definition) is 5. The van der Waals surface area contributed by atoms with Crippen LogP contribution in [0, 0.1) is 0 Å². The Morgan fingerprint density at radius 1 is 1.20 bits per heavy atom. The van der Waals surface area contributed by atoms with Crippen LogP contribution in [0.3, 0.4) is 0 Å². The second kappa shape index (κ2) is 7.15. The Balaban J connectivity index is 1.84. The number of sulfonamides is 1. The number of amides is 1. The number of primary sulfonamides is 1. The molecule has 1 heterocycles. The van der Waals surface area contributed by atoms with Gasteiger partial charge in [0.2, 0.25) is 10.0 Å². The van der Waals surface area contributed by atoms with E-state index >= 15 is 0 Å². The Morgan fingerprint density at radius 3 is 2.68 bits per heavy atom. The average molecular weight is 380 g/mol. The fourth-order valence-corrected chi connectivity index (χ4v) is 4.82. The Bertz CT molecular complexity index is 880. The maximum absolute atomic E-state index is 12.5. The summed E-state index contributed by atoms with van der Waals surface area (Å²) >= 11 is 1.51. The van der Waals surface area contributed by atoms with Crippen molar-refractivity contribution in [3.05, 3.63) is 39.6 Å². The molecule has 0 unspecified atom stereocenters. The Labute approximate surface area is 151 Å². The molecule has 1 aromatic heterocycles. The zero-order valence-corrected chi connectivity index (χ0v) is 15.5. The molecular formula is C17H20N2O4S2. The normalized spacial score (nSPS) is 14.5. The molecule has 0 saturated heterocycles. The number of carbonyl (C=O) groups is 1. The van der Waals surface area contributed by atoms with E-state index in [1.54, 1.807) is 6.07 Å². The molecule has 0 fully saturated rings. The minimum absolute atomic E-state index is 0.142. The van der Waals surface area contributed by atoms with Gasteiger partial charge in [0.25, 0.3) is 5.91 Å². The van der Waals surface area contributed by atoms with Crippen molar-refractivity contribution in [2.45, 2.75) is 37.0 Å². The zero-order valence-electron chi connectivity index (χ0n) is 13.9. The molecule has 1 aromatic carbocycles. The standard InChI is InChI=1S/C17H20N2O4S2/c1-23-13-8-7-12(10-16(13)25(18,21)22)19-17(20)15-9-11-5-3-2-4-6-14(11)24-15/h7-10H,2-6H2,1H3,(H,19,20)(H2,18,21,22). The number of anilines is 1. The minimum atomic E-state index is -3.95. The van der Waals surface area contributed by atoms with Gasteiger partial charge in [0.1, 0.15) is 10.6 Å². The van der Waals surface area contributed by atoms with Crippen LogP contribution in [0.4, 0.5) is 5.69 Å². The maximum Gasteiger partial charge on any atom is 0.265 e. The van der Waals surface area contributed by atoms with Crippen molar-refractivity contribution < 1.29 is 17.9 Å². The van der Waals surface area contributed by atoms with Gasteiger partial charge in [0.15, 0.2) is 0 Å². The summed E-state index contributed by atoms with van der Waals surface area (Å²) in [6.07, 6.45) is 5.57. The summed E-state index contributed by atoms with van der Waals surface area (Å²) in [5.74, 6) is -0.105. The van der Waals surface area contributed by atoms with E-state index in [1.165, 1.54) is 47.4 Å². The van der Waals surface area contributed by atoms with Crippen LogP contribution in [0.5, 0.6) is 5.75 Å². The molecule has 3 rings (SSSR count). The van der Waals surface area contributed by atoms with Crippen LogP contribution in [-0.2, 0) is 22.9 Å². The first-order valence-corrected chi connectivity index (χ1v) is 10.4. The van der Waals surface area contributed by atoms with Crippen molar-refractivity contribution in [1.29, 1.82) is 0 Å². The monoisotopic (exact) mass is 380 g/mol. The van der Waals surface area contributed by atoms with Crippen LogP contribution >= 0.6 is 11.3 Å². The van der Waals surface area contributed by atoms with Crippen LogP contribution in [0.15, 0.2) is 29.2 Å². The number of benzene rings is 1. The lowest BCUT2D eigenvalue weighted by Gasteiger charge is -2.09. The number of aryl methyl sites for hydroxylation is 2. The van der Waals surface area contributed by atoms with E-state index < -0.39 is 10.0 Å². The summed E-state index contributed by atoms with van der Waals surface area (Å²) in [6, 6.07) is 6.32. The second-order valence-corrected chi connectivity index (χ2v) is 8.65. The van der Waals surface area contributed by atoms with E-state index in [9.17, 15) is 13.2 Å². The summed E-state index contributed by atoms with van der Waals surface area (Å²) in [5.41, 5.74) is 1.62. The lowest BCUT2D eigenvalue weighted by molar-refractivity contribution is 0.103. The highest BCUT2D eigenvalue weighted by atomic mass is 32.2. The predicted molar refractivity (Wildman–Crippen MR) is 97.9 cm³/mol. The van der Waals surface area contributed by atoms with Gasteiger partial charge in [-0.1, -0.05) is 6.42 Å². The Hall–Kier alpha value is -1.90. The van der Waals surface area contributed by atoms with E-state index in [2.05, 4.69) is 5.32 Å². The Morgan fingerprint density at radius 2 is 1.96 bits per heavy atom. The van der Waals surface area contributed by atoms with Gasteiger partial charge in [-0.05, 0) is 55.5 Å². The van der Waals surface area contributed by atoms with Crippen LogP contribution < -0.4 is 15.2 Å². The smallest absolute Gasteiger partial charge is 0.265 e. The van der Waals surface area contributed by atoms with Crippen molar-refractivity contribution in [2.75, 3.05) is 12.4 Å². The van der Waals surface area contributed by atoms with Crippen molar-refractivity contribution >= 4 is 33.0 Å². The fourth-order valence-electron chi connectivity index (χ4n) is 2.95. The summed E-state index contributed by atoms with van der Waals surface area (Å²) < 4.78 is 28.4. The third-order valence-corrected chi connectivity index (χ3v) is 6.37. The topological polar surface area (TPSA) is 98.5 Å². The summed E-state index contributed by atoms with van der Waals surface area (Å²) in [5, 5.41) is 7.95. The maximum atomic E-state index is 12.5. The van der Waals surface area contributed by atoms with Crippen LogP contribution in [-0.4, -0.2) is 21.4 Å². The van der Waals surface area contributed by atoms with Gasteiger partial charge < -0.3 is 10.1 Å². The summed E-state index contributed by atoms with van der Waals surface area (Å²) in [6.45, 7) is 0. The number of nitrogens with one attached hydrogen (secondary N) is 1. The number of thiophene rings is 1. The second-order valence-electron chi connectivity index (χ2n) is 5.98. The number of carbonyl (C=O) groups excluding carboxylic acids is 1. The molecule has 0 atom stereocenters. The summed E-state index contributed by atoms with van der Waals surface area (Å²) in [4.78, 5) is 14.3. The van der Waals surface area contributed by atoms with Gasteiger partial charge in [0.05, 0.1) is 12.0 Å². The first kappa shape index (κ1) is 17.9. The molecular weight excluding hydrogens is 360 g/mol. The van der Waals surface area contributed by atoms with Gasteiger partial charge in [0, 0.05) is 10.6 Å². The van der Waals surface area contributed by atoms with E-state index in [4.69, 9.17) is 9.88 Å². The zero-order chi connectivity index (χ0) is 18.0. The third kappa shape index (κ3) is 4.02. The van der Waals surface area contributed by atoms with Crippen molar-refractivity contribution in [2.24, 2.45) is 5.14 Å². The fraction of sp³-hybridized carbons (Fsp3) is 0.353. The molecule has 1 aliphatic carbocycles. The molecule has 6 nitrogen and oxygen atoms in total. The quantitative estimate of drug-likeness (QED) is 0.797. The molecule has 2 aromatic rings. The lowest BCUT2D eigenvalue weighted by atomic mass is 10.1. The largest absolute Gasteiger partial charge is 0.495 e. The molecule has 0 radical (unpaired) electrons. The molecule has 0 aliphatic heterocycles. The minimum Gasteiger partial charge on any atom is -0.495 e. The molecule has 134 valence electrons. The first-order valence-electron chi connectivity index (χ1n) is 8.02. The number of hydrogen-bond donors (Lipinski definition) is 2. The lowest BCUT2D eigenvalue weighted by Crippen LogP contribution is -2.15. The number of nitrogens with two attached hydrogens (primary N) is 1. The number of methoxy groups -OCH3 is 1. The molecule has 3 N–H and O–H groups in total. The van der Waals surface area contributed by atoms with Crippen LogP contribution in [0.2, 0.25) is 0 Å². The average Bonchev–Trinajstić information content (AvgIpc) is 2.85. The van der Waals surface area contributed by atoms with Gasteiger partial charge in [-0.25, -0.2) is 13.6 Å². The number of ether oxygens (including phenoxy) is 1. The molecule has 0 spiro atoms. The molecule has 8 heteroatoms. The molecule has 0 saturated carbocycles. The molecule has 0 bridgehead atoms. The molecule has 1 aliphatic rings. The third-order valence-electron chi connectivity index (χ3n) is 4.20. The molecule has 1 amide bonds. The van der Waals surface area contributed by atoms with Crippen LogP contribution in [0.1, 0.15) is 39.4 Å². The van der Waals surface area contributed by atoms with Crippen molar-refractivity contribution in [3.8, 4) is 5.75 Å². The highest BCUT2D eigenvalue weighted by Crippen LogP contribution is 2.30. The van der Waals surface area contributed by atoms with Gasteiger partial charge in [-0.3, -0.25) is 4.79 Å². The Kier molecular flexibility index (Phi) is 5.12. The van der Waals surface area contributed by atoms with Gasteiger partial charge >= 0.3 is 0 Å². The highest BCUT2D eigenvalue weighted by Gasteiger charge is 2.19. The predicted octanol–water partition coefficient (Wildman–Crippen LogP) is 2.93. The van der Waals surface area contributed by atoms with Crippen molar-refractivity contribution in [1.82, 2.24) is 0 Å². The van der Waals surface area contributed by atoms with Crippen LogP contribution in [0.25, 0.3) is 0 Å². The van der Waals surface area contributed by atoms with E-state index in [0.29, 0.717) is 10.6 Å². The van der Waals surface area contributed by atoms with Crippen molar-refractivity contribution in [3.63, 3.8) is 0 Å². The highest BCUT2D eigenvalue weighted by molar-refractivity contribution is 7.89. The SMILES string of the molecule is COc1ccc(NC(=O)c2cc3c(s2)CCCCC3)cc1S(N)(=O)=O. The van der Waals surface area contributed by atoms with Gasteiger partial charge in [-0.15, -0.1) is 11.3 Å². The number of rotatable bonds is 4.